The summed E-state index contributed by atoms with van der Waals surface area (Å²) in [5.41, 5.74) is 0.860. The van der Waals surface area contributed by atoms with E-state index in [0.29, 0.717) is 22.0 Å². The molecule has 0 unspecified atom stereocenters. The zero-order chi connectivity index (χ0) is 30.1. The number of nitro groups is 1. The Bertz CT molecular complexity index is 1660. The molecule has 0 spiro atoms. The third-order valence-electron chi connectivity index (χ3n) is 5.67. The van der Waals surface area contributed by atoms with Crippen molar-refractivity contribution in [1.29, 1.82) is 0 Å². The lowest BCUT2D eigenvalue weighted by molar-refractivity contribution is -0.385. The fourth-order valence-corrected chi connectivity index (χ4v) is 4.69. The number of amides is 3. The van der Waals surface area contributed by atoms with Crippen molar-refractivity contribution in [2.45, 2.75) is 4.90 Å². The van der Waals surface area contributed by atoms with Crippen LogP contribution in [0.5, 0.6) is 0 Å². The summed E-state index contributed by atoms with van der Waals surface area (Å²) in [7, 11) is 0. The number of anilines is 2. The molecule has 0 aromatic heterocycles. The molecule has 4 rings (SSSR count). The highest BCUT2D eigenvalue weighted by Crippen LogP contribution is 2.30. The maximum Gasteiger partial charge on any atom is 0.276 e. The lowest BCUT2D eigenvalue weighted by Gasteiger charge is -2.12. The molecule has 9 nitrogen and oxygen atoms in total. The molecule has 3 N–H and O–H groups in total. The molecular formula is C30H22Cl2N4O5S. The van der Waals surface area contributed by atoms with Crippen molar-refractivity contribution in [3.05, 3.63) is 134 Å². The van der Waals surface area contributed by atoms with E-state index >= 15 is 0 Å². The number of nitrogens with one attached hydrogen (secondary N) is 3. The van der Waals surface area contributed by atoms with Crippen molar-refractivity contribution < 1.29 is 19.3 Å². The van der Waals surface area contributed by atoms with E-state index in [1.807, 2.05) is 0 Å². The van der Waals surface area contributed by atoms with Gasteiger partial charge in [0.05, 0.1) is 32.0 Å². The van der Waals surface area contributed by atoms with Crippen molar-refractivity contribution in [3.8, 4) is 0 Å². The van der Waals surface area contributed by atoms with Gasteiger partial charge in [0.2, 0.25) is 5.91 Å². The molecule has 3 amide bonds. The van der Waals surface area contributed by atoms with E-state index in [4.69, 9.17) is 23.2 Å². The third-order valence-corrected chi connectivity index (χ3v) is 7.50. The Balaban J connectivity index is 1.45. The fourth-order valence-electron chi connectivity index (χ4n) is 3.64. The molecule has 0 aliphatic heterocycles. The van der Waals surface area contributed by atoms with Crippen molar-refractivity contribution in [3.63, 3.8) is 0 Å². The van der Waals surface area contributed by atoms with E-state index in [0.717, 1.165) is 4.90 Å². The summed E-state index contributed by atoms with van der Waals surface area (Å²) in [5.74, 6) is -1.42. The topological polar surface area (TPSA) is 130 Å². The summed E-state index contributed by atoms with van der Waals surface area (Å²) in [6, 6.07) is 25.8. The molecule has 0 aliphatic carbocycles. The molecule has 0 bridgehead atoms. The van der Waals surface area contributed by atoms with Gasteiger partial charge in [0.25, 0.3) is 17.5 Å². The smallest absolute Gasteiger partial charge is 0.276 e. The number of carbonyl (C=O) groups excluding carboxylic acids is 3. The molecule has 12 heteroatoms. The van der Waals surface area contributed by atoms with Gasteiger partial charge in [-0.2, -0.15) is 0 Å². The predicted octanol–water partition coefficient (Wildman–Crippen LogP) is 7.04. The average molecular weight is 622 g/mol. The Morgan fingerprint density at radius 2 is 1.52 bits per heavy atom. The molecule has 0 saturated heterocycles. The first kappa shape index (κ1) is 30.3. The Hall–Kier alpha value is -4.64. The normalized spacial score (nSPS) is 11.0. The minimum atomic E-state index is -0.685. The maximum atomic E-state index is 13.2. The van der Waals surface area contributed by atoms with Gasteiger partial charge in [0, 0.05) is 22.2 Å². The molecule has 0 heterocycles. The van der Waals surface area contributed by atoms with Crippen LogP contribution >= 0.6 is 35.0 Å². The van der Waals surface area contributed by atoms with Gasteiger partial charge in [0.15, 0.2) is 0 Å². The highest BCUT2D eigenvalue weighted by atomic mass is 35.5. The number of nitro benzene ring substituents is 1. The number of thioether (sulfide) groups is 1. The van der Waals surface area contributed by atoms with E-state index in [1.54, 1.807) is 78.9 Å². The predicted molar refractivity (Wildman–Crippen MR) is 166 cm³/mol. The van der Waals surface area contributed by atoms with Crippen molar-refractivity contribution >= 4 is 75.8 Å². The summed E-state index contributed by atoms with van der Waals surface area (Å²) in [4.78, 5) is 50.1. The number of hydrogen-bond acceptors (Lipinski definition) is 6. The van der Waals surface area contributed by atoms with Crippen LogP contribution in [-0.2, 0) is 9.59 Å². The highest BCUT2D eigenvalue weighted by Gasteiger charge is 2.18. The van der Waals surface area contributed by atoms with Gasteiger partial charge in [-0.15, -0.1) is 11.8 Å². The third kappa shape index (κ3) is 8.20. The van der Waals surface area contributed by atoms with Gasteiger partial charge < -0.3 is 16.0 Å². The van der Waals surface area contributed by atoms with E-state index in [1.165, 1.54) is 36.0 Å². The first-order chi connectivity index (χ1) is 20.2. The van der Waals surface area contributed by atoms with Crippen molar-refractivity contribution in [2.75, 3.05) is 16.4 Å². The first-order valence-electron chi connectivity index (χ1n) is 12.3. The molecule has 42 heavy (non-hydrogen) atoms. The summed E-state index contributed by atoms with van der Waals surface area (Å²) in [6.07, 6.45) is 1.25. The van der Waals surface area contributed by atoms with E-state index in [2.05, 4.69) is 16.0 Å². The molecule has 4 aromatic rings. The van der Waals surface area contributed by atoms with Crippen LogP contribution in [0.25, 0.3) is 6.08 Å². The molecule has 0 saturated carbocycles. The fraction of sp³-hybridized carbons (Fsp3) is 0.0333. The number of para-hydroxylation sites is 1. The largest absolute Gasteiger partial charge is 0.324 e. The SMILES string of the molecule is O=C(CSc1ccc(NC(=O)/C(=C/c2ccccc2[N+](=O)[O-])NC(=O)c2ccccc2)cc1)Nc1cccc(Cl)c1Cl. The second-order valence-electron chi connectivity index (χ2n) is 8.61. The van der Waals surface area contributed by atoms with Gasteiger partial charge in [-0.25, -0.2) is 0 Å². The van der Waals surface area contributed by atoms with Crippen LogP contribution in [0.2, 0.25) is 10.0 Å². The minimum Gasteiger partial charge on any atom is -0.324 e. The zero-order valence-corrected chi connectivity index (χ0v) is 24.0. The van der Waals surface area contributed by atoms with Crippen LogP contribution < -0.4 is 16.0 Å². The zero-order valence-electron chi connectivity index (χ0n) is 21.7. The quantitative estimate of drug-likeness (QED) is 0.0754. The second kappa shape index (κ2) is 14.3. The number of benzene rings is 4. The summed E-state index contributed by atoms with van der Waals surface area (Å²) in [6.45, 7) is 0. The van der Waals surface area contributed by atoms with E-state index in [-0.39, 0.29) is 33.6 Å². The number of halogens is 2. The van der Waals surface area contributed by atoms with Crippen LogP contribution in [0.3, 0.4) is 0 Å². The Morgan fingerprint density at radius 3 is 2.24 bits per heavy atom. The summed E-state index contributed by atoms with van der Waals surface area (Å²) >= 11 is 13.4. The first-order valence-corrected chi connectivity index (χ1v) is 14.0. The van der Waals surface area contributed by atoms with Crippen molar-refractivity contribution in [1.82, 2.24) is 5.32 Å². The monoisotopic (exact) mass is 620 g/mol. The van der Waals surface area contributed by atoms with Crippen LogP contribution in [0.15, 0.2) is 108 Å². The molecule has 0 fully saturated rings. The Morgan fingerprint density at radius 1 is 0.833 bits per heavy atom. The molecular weight excluding hydrogens is 599 g/mol. The second-order valence-corrected chi connectivity index (χ2v) is 10.4. The van der Waals surface area contributed by atoms with Crippen LogP contribution in [0, 0.1) is 10.1 Å². The van der Waals surface area contributed by atoms with Gasteiger partial charge in [-0.1, -0.05) is 59.6 Å². The van der Waals surface area contributed by atoms with Gasteiger partial charge in [0.1, 0.15) is 5.70 Å². The molecule has 0 atom stereocenters. The van der Waals surface area contributed by atoms with Gasteiger partial charge >= 0.3 is 0 Å². The number of rotatable bonds is 10. The maximum absolute atomic E-state index is 13.2. The lowest BCUT2D eigenvalue weighted by atomic mass is 10.1. The van der Waals surface area contributed by atoms with Crippen LogP contribution in [0.1, 0.15) is 15.9 Å². The summed E-state index contributed by atoms with van der Waals surface area (Å²) in [5, 5.41) is 20.1. The molecule has 0 radical (unpaired) electrons. The molecule has 0 aliphatic rings. The van der Waals surface area contributed by atoms with Gasteiger partial charge in [-0.05, 0) is 60.7 Å². The Labute approximate surface area is 255 Å². The lowest BCUT2D eigenvalue weighted by Crippen LogP contribution is -2.30. The van der Waals surface area contributed by atoms with Crippen LogP contribution in [0.4, 0.5) is 17.1 Å². The van der Waals surface area contributed by atoms with E-state index < -0.39 is 16.7 Å². The Kier molecular flexibility index (Phi) is 10.3. The standard InChI is InChI=1S/C30H22Cl2N4O5S/c31-23-10-6-11-24(28(23)32)34-27(37)18-42-22-15-13-21(14-16-22)33-30(39)25(35-29(38)19-7-2-1-3-8-19)17-20-9-4-5-12-26(20)36(40)41/h1-17H,18H2,(H,33,39)(H,34,37)(H,35,38)/b25-17-. The van der Waals surface area contributed by atoms with Crippen molar-refractivity contribution in [2.24, 2.45) is 0 Å². The molecule has 212 valence electrons. The molecule has 4 aromatic carbocycles. The number of hydrogen-bond donors (Lipinski definition) is 3. The van der Waals surface area contributed by atoms with E-state index in [9.17, 15) is 24.5 Å². The number of carbonyl (C=O) groups is 3. The number of nitrogens with zero attached hydrogens (tertiary/aromatic N) is 1. The minimum absolute atomic E-state index is 0.100. The summed E-state index contributed by atoms with van der Waals surface area (Å²) < 4.78 is 0. The van der Waals surface area contributed by atoms with Gasteiger partial charge in [-0.3, -0.25) is 24.5 Å². The highest BCUT2D eigenvalue weighted by molar-refractivity contribution is 8.00. The van der Waals surface area contributed by atoms with Crippen LogP contribution in [-0.4, -0.2) is 28.4 Å². The average Bonchev–Trinajstić information content (AvgIpc) is 2.99.